The van der Waals surface area contributed by atoms with Crippen LogP contribution in [0.4, 0.5) is 11.4 Å². The van der Waals surface area contributed by atoms with Crippen molar-refractivity contribution in [1.29, 1.82) is 0 Å². The summed E-state index contributed by atoms with van der Waals surface area (Å²) in [7, 11) is 0. The minimum Gasteiger partial charge on any atom is -0.378 e. The SMILES string of the molecule is CCc1ccc(-c2nnn(CC(=O)Nc3ccc(N4CCOCC4)cc3)n2)cc1. The van der Waals surface area contributed by atoms with Crippen molar-refractivity contribution in [1.82, 2.24) is 20.2 Å². The smallest absolute Gasteiger partial charge is 0.248 e. The van der Waals surface area contributed by atoms with Crippen molar-refractivity contribution in [2.24, 2.45) is 0 Å². The van der Waals surface area contributed by atoms with Gasteiger partial charge in [-0.25, -0.2) is 0 Å². The lowest BCUT2D eigenvalue weighted by molar-refractivity contribution is -0.117. The molecule has 1 aromatic heterocycles. The molecule has 8 nitrogen and oxygen atoms in total. The number of benzene rings is 2. The molecule has 0 atom stereocenters. The van der Waals surface area contributed by atoms with Crippen molar-refractivity contribution in [3.8, 4) is 11.4 Å². The van der Waals surface area contributed by atoms with Crippen molar-refractivity contribution in [2.45, 2.75) is 19.9 Å². The zero-order valence-corrected chi connectivity index (χ0v) is 16.4. The first kappa shape index (κ1) is 19.1. The minimum atomic E-state index is -0.200. The first-order valence-electron chi connectivity index (χ1n) is 9.81. The molecule has 1 amide bonds. The Morgan fingerprint density at radius 3 is 2.48 bits per heavy atom. The molecule has 1 saturated heterocycles. The molecule has 0 saturated carbocycles. The van der Waals surface area contributed by atoms with Gasteiger partial charge in [-0.1, -0.05) is 31.2 Å². The van der Waals surface area contributed by atoms with Crippen molar-refractivity contribution in [3.05, 3.63) is 54.1 Å². The molecule has 2 aromatic carbocycles. The maximum absolute atomic E-state index is 12.3. The number of morpholine rings is 1. The number of hydrogen-bond acceptors (Lipinski definition) is 6. The van der Waals surface area contributed by atoms with E-state index < -0.39 is 0 Å². The van der Waals surface area contributed by atoms with Crippen LogP contribution in [-0.4, -0.2) is 52.4 Å². The molecule has 3 aromatic rings. The van der Waals surface area contributed by atoms with Gasteiger partial charge in [0.1, 0.15) is 6.54 Å². The molecule has 0 radical (unpaired) electrons. The van der Waals surface area contributed by atoms with Crippen LogP contribution in [0, 0.1) is 0 Å². The number of aryl methyl sites for hydroxylation is 1. The molecule has 2 heterocycles. The Kier molecular flexibility index (Phi) is 5.81. The van der Waals surface area contributed by atoms with Gasteiger partial charge >= 0.3 is 0 Å². The van der Waals surface area contributed by atoms with Gasteiger partial charge in [-0.05, 0) is 41.5 Å². The van der Waals surface area contributed by atoms with Crippen molar-refractivity contribution in [3.63, 3.8) is 0 Å². The number of amides is 1. The van der Waals surface area contributed by atoms with Crippen molar-refractivity contribution in [2.75, 3.05) is 36.5 Å². The van der Waals surface area contributed by atoms with Gasteiger partial charge in [-0.2, -0.15) is 4.80 Å². The number of tetrazole rings is 1. The first-order chi connectivity index (χ1) is 14.2. The second kappa shape index (κ2) is 8.83. The molecule has 1 aliphatic heterocycles. The Bertz CT molecular complexity index is 946. The molecule has 0 bridgehead atoms. The molecule has 4 rings (SSSR count). The van der Waals surface area contributed by atoms with E-state index in [1.807, 2.05) is 48.5 Å². The Morgan fingerprint density at radius 1 is 1.07 bits per heavy atom. The lowest BCUT2D eigenvalue weighted by atomic mass is 10.1. The highest BCUT2D eigenvalue weighted by Gasteiger charge is 2.12. The molecular weight excluding hydrogens is 368 g/mol. The van der Waals surface area contributed by atoms with E-state index >= 15 is 0 Å². The lowest BCUT2D eigenvalue weighted by Gasteiger charge is -2.28. The zero-order valence-electron chi connectivity index (χ0n) is 16.4. The van der Waals surface area contributed by atoms with Crippen LogP contribution in [0.2, 0.25) is 0 Å². The van der Waals surface area contributed by atoms with Crippen molar-refractivity contribution < 1.29 is 9.53 Å². The largest absolute Gasteiger partial charge is 0.378 e. The average Bonchev–Trinajstić information content (AvgIpc) is 3.23. The quantitative estimate of drug-likeness (QED) is 0.693. The summed E-state index contributed by atoms with van der Waals surface area (Å²) >= 11 is 0. The number of anilines is 2. The van der Waals surface area contributed by atoms with Crippen LogP contribution in [0.5, 0.6) is 0 Å². The van der Waals surface area contributed by atoms with Gasteiger partial charge in [0.15, 0.2) is 0 Å². The molecule has 8 heteroatoms. The number of hydrogen-bond donors (Lipinski definition) is 1. The van der Waals surface area contributed by atoms with Crippen molar-refractivity contribution >= 4 is 17.3 Å². The topological polar surface area (TPSA) is 85.2 Å². The molecule has 0 aliphatic carbocycles. The zero-order chi connectivity index (χ0) is 20.1. The number of nitrogens with one attached hydrogen (secondary N) is 1. The number of carbonyl (C=O) groups excluding carboxylic acids is 1. The van der Waals surface area contributed by atoms with Crippen LogP contribution in [0.3, 0.4) is 0 Å². The van der Waals surface area contributed by atoms with Gasteiger partial charge in [-0.3, -0.25) is 4.79 Å². The van der Waals surface area contributed by atoms with Gasteiger partial charge in [0.2, 0.25) is 11.7 Å². The minimum absolute atomic E-state index is 0.00522. The van der Waals surface area contributed by atoms with Crippen LogP contribution >= 0.6 is 0 Å². The molecule has 0 spiro atoms. The van der Waals surface area contributed by atoms with Gasteiger partial charge in [-0.15, -0.1) is 10.2 Å². The Hall–Kier alpha value is -3.26. The third-order valence-electron chi connectivity index (χ3n) is 4.89. The number of ether oxygens (including phenoxy) is 1. The monoisotopic (exact) mass is 392 g/mol. The summed E-state index contributed by atoms with van der Waals surface area (Å²) in [5, 5.41) is 15.2. The maximum atomic E-state index is 12.3. The van der Waals surface area contributed by atoms with E-state index in [1.165, 1.54) is 10.4 Å². The van der Waals surface area contributed by atoms with Crippen LogP contribution in [-0.2, 0) is 22.5 Å². The van der Waals surface area contributed by atoms with E-state index in [4.69, 9.17) is 4.74 Å². The average molecular weight is 392 g/mol. The normalized spacial score (nSPS) is 14.0. The second-order valence-electron chi connectivity index (χ2n) is 6.89. The van der Waals surface area contributed by atoms with E-state index in [0.717, 1.165) is 49.7 Å². The molecule has 1 N–H and O–H groups in total. The molecule has 0 unspecified atom stereocenters. The van der Waals surface area contributed by atoms with E-state index in [0.29, 0.717) is 5.82 Å². The molecular formula is C21H24N6O2. The predicted octanol–water partition coefficient (Wildman–Crippen LogP) is 2.38. The van der Waals surface area contributed by atoms with Gasteiger partial charge in [0.05, 0.1) is 13.2 Å². The molecule has 1 aliphatic rings. The number of carbonyl (C=O) groups is 1. The summed E-state index contributed by atoms with van der Waals surface area (Å²) in [5.74, 6) is 0.310. The first-order valence-corrected chi connectivity index (χ1v) is 9.81. The maximum Gasteiger partial charge on any atom is 0.248 e. The standard InChI is InChI=1S/C21H24N6O2/c1-2-16-3-5-17(6-4-16)21-23-25-27(24-21)15-20(28)22-18-7-9-19(10-8-18)26-11-13-29-14-12-26/h3-10H,2,11-15H2,1H3,(H,22,28). The van der Waals surface area contributed by atoms with Gasteiger partial charge in [0, 0.05) is 30.0 Å². The van der Waals surface area contributed by atoms with Gasteiger partial charge < -0.3 is 15.0 Å². The summed E-state index contributed by atoms with van der Waals surface area (Å²) in [6.07, 6.45) is 0.980. The highest BCUT2D eigenvalue weighted by Crippen LogP contribution is 2.19. The molecule has 29 heavy (non-hydrogen) atoms. The summed E-state index contributed by atoms with van der Waals surface area (Å²) in [6.45, 7) is 5.37. The number of nitrogens with zero attached hydrogens (tertiary/aromatic N) is 5. The molecule has 1 fully saturated rings. The van der Waals surface area contributed by atoms with Crippen LogP contribution in [0.1, 0.15) is 12.5 Å². The third kappa shape index (κ3) is 4.78. The van der Waals surface area contributed by atoms with Crippen LogP contribution in [0.15, 0.2) is 48.5 Å². The summed E-state index contributed by atoms with van der Waals surface area (Å²) in [5.41, 5.74) is 4.00. The van der Waals surface area contributed by atoms with E-state index in [9.17, 15) is 4.79 Å². The Balaban J connectivity index is 1.34. The second-order valence-corrected chi connectivity index (χ2v) is 6.89. The van der Waals surface area contributed by atoms with Crippen LogP contribution in [0.25, 0.3) is 11.4 Å². The predicted molar refractivity (Wildman–Crippen MR) is 111 cm³/mol. The van der Waals surface area contributed by atoms with Gasteiger partial charge in [0.25, 0.3) is 0 Å². The number of aromatic nitrogens is 4. The summed E-state index contributed by atoms with van der Waals surface area (Å²) in [6, 6.07) is 15.8. The highest BCUT2D eigenvalue weighted by atomic mass is 16.5. The highest BCUT2D eigenvalue weighted by molar-refractivity contribution is 5.90. The van der Waals surface area contributed by atoms with E-state index in [-0.39, 0.29) is 12.5 Å². The Morgan fingerprint density at radius 2 is 1.79 bits per heavy atom. The van der Waals surface area contributed by atoms with Crippen LogP contribution < -0.4 is 10.2 Å². The Labute approximate surface area is 169 Å². The summed E-state index contributed by atoms with van der Waals surface area (Å²) in [4.78, 5) is 15.9. The van der Waals surface area contributed by atoms with E-state index in [2.05, 4.69) is 32.6 Å². The fourth-order valence-corrected chi connectivity index (χ4v) is 3.22. The third-order valence-corrected chi connectivity index (χ3v) is 4.89. The fourth-order valence-electron chi connectivity index (χ4n) is 3.22. The van der Waals surface area contributed by atoms with E-state index in [1.54, 1.807) is 0 Å². The number of rotatable bonds is 6. The molecule has 150 valence electrons. The lowest BCUT2D eigenvalue weighted by Crippen LogP contribution is -2.36. The fraction of sp³-hybridized carbons (Fsp3) is 0.333. The summed E-state index contributed by atoms with van der Waals surface area (Å²) < 4.78 is 5.38.